The number of hydrogen-bond donors (Lipinski definition) is 2. The maximum absolute atomic E-state index is 12.6. The van der Waals surface area contributed by atoms with Crippen LogP contribution in [-0.2, 0) is 6.42 Å². The number of fused-ring (bicyclic) bond motifs is 1. The quantitative estimate of drug-likeness (QED) is 0.718. The Morgan fingerprint density at radius 2 is 1.91 bits per heavy atom. The van der Waals surface area contributed by atoms with Crippen molar-refractivity contribution >= 4 is 26.9 Å². The van der Waals surface area contributed by atoms with Crippen LogP contribution in [-0.4, -0.2) is 10.2 Å². The second-order valence-electron chi connectivity index (χ2n) is 4.94. The number of rotatable bonds is 2. The van der Waals surface area contributed by atoms with E-state index >= 15 is 0 Å². The lowest BCUT2D eigenvalue weighted by molar-refractivity contribution is 0.471. The zero-order valence-corrected chi connectivity index (χ0v) is 13.3. The first-order chi connectivity index (χ1) is 10.5. The van der Waals surface area contributed by atoms with Crippen molar-refractivity contribution in [1.82, 2.24) is 0 Å². The zero-order valence-electron chi connectivity index (χ0n) is 11.8. The summed E-state index contributed by atoms with van der Waals surface area (Å²) in [6.45, 7) is 1.87. The molecule has 0 atom stereocenters. The molecular weight excluding hydrogens is 348 g/mol. The van der Waals surface area contributed by atoms with E-state index < -0.39 is 0 Å². The topological polar surface area (TPSA) is 70.7 Å². The van der Waals surface area contributed by atoms with Gasteiger partial charge in [-0.2, -0.15) is 0 Å². The molecule has 0 fully saturated rings. The van der Waals surface area contributed by atoms with Gasteiger partial charge in [-0.3, -0.25) is 4.79 Å². The van der Waals surface area contributed by atoms with Gasteiger partial charge in [-0.05, 0) is 58.7 Å². The van der Waals surface area contributed by atoms with Crippen LogP contribution in [0.4, 0.5) is 0 Å². The van der Waals surface area contributed by atoms with Gasteiger partial charge in [0.2, 0.25) is 0 Å². The average Bonchev–Trinajstić information content (AvgIpc) is 2.50. The third-order valence-electron chi connectivity index (χ3n) is 3.53. The Bertz CT molecular complexity index is 928. The monoisotopic (exact) mass is 360 g/mol. The van der Waals surface area contributed by atoms with Gasteiger partial charge in [0, 0.05) is 11.1 Å². The van der Waals surface area contributed by atoms with Gasteiger partial charge in [0.25, 0.3) is 0 Å². The fourth-order valence-corrected chi connectivity index (χ4v) is 2.80. The molecular formula is C17H13BrO4. The van der Waals surface area contributed by atoms with E-state index in [4.69, 9.17) is 4.42 Å². The fourth-order valence-electron chi connectivity index (χ4n) is 2.42. The highest BCUT2D eigenvalue weighted by molar-refractivity contribution is 9.10. The summed E-state index contributed by atoms with van der Waals surface area (Å²) >= 11 is 3.26. The maximum Gasteiger partial charge on any atom is 0.196 e. The van der Waals surface area contributed by atoms with E-state index in [1.807, 2.05) is 6.92 Å². The van der Waals surface area contributed by atoms with Crippen LogP contribution in [0.3, 0.4) is 0 Å². The smallest absolute Gasteiger partial charge is 0.196 e. The zero-order chi connectivity index (χ0) is 15.9. The summed E-state index contributed by atoms with van der Waals surface area (Å²) < 4.78 is 6.42. The highest BCUT2D eigenvalue weighted by atomic mass is 79.9. The minimum absolute atomic E-state index is 0.0296. The standard InChI is InChI=1S/C17H13BrO4/c1-2-11-16(21)12-8-10(19)4-6-15(12)22-17(11)9-3-5-14(20)13(18)7-9/h3-8,19-20H,2H2,1H3. The summed E-state index contributed by atoms with van der Waals surface area (Å²) in [4.78, 5) is 12.6. The second-order valence-corrected chi connectivity index (χ2v) is 5.79. The van der Waals surface area contributed by atoms with E-state index in [0.717, 1.165) is 0 Å². The molecule has 2 N–H and O–H groups in total. The van der Waals surface area contributed by atoms with Gasteiger partial charge in [0.15, 0.2) is 5.43 Å². The molecule has 22 heavy (non-hydrogen) atoms. The molecule has 0 aliphatic rings. The van der Waals surface area contributed by atoms with Gasteiger partial charge in [-0.15, -0.1) is 0 Å². The lowest BCUT2D eigenvalue weighted by Gasteiger charge is -2.10. The predicted octanol–water partition coefficient (Wildman–Crippen LogP) is 4.20. The van der Waals surface area contributed by atoms with Crippen LogP contribution in [0.2, 0.25) is 0 Å². The first-order valence-electron chi connectivity index (χ1n) is 6.79. The molecule has 3 rings (SSSR count). The Hall–Kier alpha value is -2.27. The minimum atomic E-state index is -0.154. The highest BCUT2D eigenvalue weighted by Crippen LogP contribution is 2.32. The van der Waals surface area contributed by atoms with Gasteiger partial charge in [0.1, 0.15) is 22.8 Å². The van der Waals surface area contributed by atoms with E-state index in [-0.39, 0.29) is 16.9 Å². The van der Waals surface area contributed by atoms with E-state index in [0.29, 0.717) is 38.7 Å². The van der Waals surface area contributed by atoms with Crippen molar-refractivity contribution in [2.45, 2.75) is 13.3 Å². The predicted molar refractivity (Wildman–Crippen MR) is 88.3 cm³/mol. The summed E-state index contributed by atoms with van der Waals surface area (Å²) in [5.74, 6) is 0.628. The lowest BCUT2D eigenvalue weighted by Crippen LogP contribution is -2.10. The molecule has 0 bridgehead atoms. The highest BCUT2D eigenvalue weighted by Gasteiger charge is 2.16. The van der Waals surface area contributed by atoms with E-state index in [2.05, 4.69) is 15.9 Å². The molecule has 0 unspecified atom stereocenters. The molecule has 4 nitrogen and oxygen atoms in total. The van der Waals surface area contributed by atoms with E-state index in [1.165, 1.54) is 12.1 Å². The fraction of sp³-hybridized carbons (Fsp3) is 0.118. The summed E-state index contributed by atoms with van der Waals surface area (Å²) in [5.41, 5.74) is 1.50. The van der Waals surface area contributed by atoms with Crippen LogP contribution in [0.25, 0.3) is 22.3 Å². The molecule has 5 heteroatoms. The molecule has 0 spiro atoms. The first-order valence-corrected chi connectivity index (χ1v) is 7.58. The van der Waals surface area contributed by atoms with Crippen LogP contribution in [0.15, 0.2) is 50.1 Å². The number of aromatic hydroxyl groups is 2. The molecule has 1 heterocycles. The molecule has 0 aliphatic carbocycles. The molecule has 0 aliphatic heterocycles. The van der Waals surface area contributed by atoms with Gasteiger partial charge in [0.05, 0.1) is 9.86 Å². The number of phenolic OH excluding ortho intramolecular Hbond substituents is 2. The van der Waals surface area contributed by atoms with Crippen molar-refractivity contribution in [1.29, 1.82) is 0 Å². The third kappa shape index (κ3) is 2.37. The maximum atomic E-state index is 12.6. The second kappa shape index (κ2) is 5.50. The van der Waals surface area contributed by atoms with Gasteiger partial charge in [-0.1, -0.05) is 6.92 Å². The van der Waals surface area contributed by atoms with Gasteiger partial charge < -0.3 is 14.6 Å². The molecule has 0 saturated carbocycles. The molecule has 2 aromatic carbocycles. The Morgan fingerprint density at radius 1 is 1.14 bits per heavy atom. The summed E-state index contributed by atoms with van der Waals surface area (Å²) in [7, 11) is 0. The van der Waals surface area contributed by atoms with Gasteiger partial charge >= 0.3 is 0 Å². The van der Waals surface area contributed by atoms with Crippen molar-refractivity contribution in [3.63, 3.8) is 0 Å². The van der Waals surface area contributed by atoms with E-state index in [9.17, 15) is 15.0 Å². The summed E-state index contributed by atoms with van der Waals surface area (Å²) in [6, 6.07) is 9.41. The first kappa shape index (κ1) is 14.7. The largest absolute Gasteiger partial charge is 0.508 e. The number of hydrogen-bond acceptors (Lipinski definition) is 4. The van der Waals surface area contributed by atoms with E-state index in [1.54, 1.807) is 24.3 Å². The van der Waals surface area contributed by atoms with Crippen molar-refractivity contribution in [2.24, 2.45) is 0 Å². The van der Waals surface area contributed by atoms with Crippen molar-refractivity contribution < 1.29 is 14.6 Å². The Labute approximate surface area is 134 Å². The Morgan fingerprint density at radius 3 is 2.59 bits per heavy atom. The molecule has 1 aromatic heterocycles. The molecule has 112 valence electrons. The Balaban J connectivity index is 2.35. The van der Waals surface area contributed by atoms with Crippen molar-refractivity contribution in [3.8, 4) is 22.8 Å². The average molecular weight is 361 g/mol. The summed E-state index contributed by atoms with van der Waals surface area (Å²) in [5, 5.41) is 19.5. The molecule has 0 radical (unpaired) electrons. The normalized spacial score (nSPS) is 11.0. The van der Waals surface area contributed by atoms with Crippen LogP contribution in [0, 0.1) is 0 Å². The number of halogens is 1. The van der Waals surface area contributed by atoms with Crippen LogP contribution in [0.5, 0.6) is 11.5 Å². The third-order valence-corrected chi connectivity index (χ3v) is 4.17. The molecule has 3 aromatic rings. The molecule has 0 saturated heterocycles. The van der Waals surface area contributed by atoms with Crippen molar-refractivity contribution in [3.05, 3.63) is 56.7 Å². The number of phenols is 2. The lowest BCUT2D eigenvalue weighted by atomic mass is 10.0. The SMILES string of the molecule is CCc1c(-c2ccc(O)c(Br)c2)oc2ccc(O)cc2c1=O. The summed E-state index contributed by atoms with van der Waals surface area (Å²) in [6.07, 6.45) is 0.502. The van der Waals surface area contributed by atoms with Crippen molar-refractivity contribution in [2.75, 3.05) is 0 Å². The minimum Gasteiger partial charge on any atom is -0.508 e. The van der Waals surface area contributed by atoms with Crippen LogP contribution in [0.1, 0.15) is 12.5 Å². The number of benzene rings is 2. The molecule has 0 amide bonds. The van der Waals surface area contributed by atoms with Gasteiger partial charge in [-0.25, -0.2) is 0 Å². The van der Waals surface area contributed by atoms with Crippen LogP contribution >= 0.6 is 15.9 Å². The van der Waals surface area contributed by atoms with Crippen LogP contribution < -0.4 is 5.43 Å². The Kier molecular flexibility index (Phi) is 3.66.